The number of nitriles is 1. The number of ether oxygens (including phenoxy) is 1. The third-order valence-corrected chi connectivity index (χ3v) is 10.9. The number of anilines is 1. The van der Waals surface area contributed by atoms with Crippen molar-refractivity contribution in [3.05, 3.63) is 53.1 Å². The molecule has 3 saturated heterocycles. The fraction of sp³-hybridized carbons (Fsp3) is 0.500. The predicted molar refractivity (Wildman–Crippen MR) is 169 cm³/mol. The smallest absolute Gasteiger partial charge is 0.320 e. The molecule has 3 aromatic rings. The lowest BCUT2D eigenvalue weighted by Gasteiger charge is -2.41. The zero-order valence-corrected chi connectivity index (χ0v) is 25.8. The van der Waals surface area contributed by atoms with Crippen LogP contribution in [0, 0.1) is 17.2 Å². The molecule has 5 heterocycles. The number of carbonyl (C=O) groups is 1. The van der Waals surface area contributed by atoms with Crippen molar-refractivity contribution in [1.82, 2.24) is 24.8 Å². The Morgan fingerprint density at radius 1 is 1.24 bits per heavy atom. The van der Waals surface area contributed by atoms with Gasteiger partial charge in [-0.1, -0.05) is 36.4 Å². The van der Waals surface area contributed by atoms with E-state index in [1.807, 2.05) is 6.07 Å². The van der Waals surface area contributed by atoms with Gasteiger partial charge in [0.2, 0.25) is 5.91 Å². The molecular formula is C34H35ClFN7O2. The molecule has 3 unspecified atom stereocenters. The Balaban J connectivity index is 1.20. The third kappa shape index (κ3) is 4.83. The van der Waals surface area contributed by atoms with E-state index in [-0.39, 0.29) is 29.9 Å². The largest absolute Gasteiger partial charge is 0.461 e. The number of halogens is 2. The van der Waals surface area contributed by atoms with E-state index >= 15 is 0 Å². The van der Waals surface area contributed by atoms with Gasteiger partial charge in [0.05, 0.1) is 40.2 Å². The van der Waals surface area contributed by atoms with Gasteiger partial charge in [-0.25, -0.2) is 9.37 Å². The molecule has 2 aliphatic carbocycles. The summed E-state index contributed by atoms with van der Waals surface area (Å²) < 4.78 is 20.8. The Hall–Kier alpha value is -3.81. The summed E-state index contributed by atoms with van der Waals surface area (Å²) >= 11 is 7.02. The average molecular weight is 628 g/mol. The molecule has 9 nitrogen and oxygen atoms in total. The first-order chi connectivity index (χ1) is 21.9. The Morgan fingerprint density at radius 2 is 2.13 bits per heavy atom. The molecule has 1 saturated carbocycles. The monoisotopic (exact) mass is 627 g/mol. The highest BCUT2D eigenvalue weighted by Crippen LogP contribution is 2.59. The predicted octanol–water partition coefficient (Wildman–Crippen LogP) is 5.08. The first-order valence-electron chi connectivity index (χ1n) is 15.9. The van der Waals surface area contributed by atoms with E-state index < -0.39 is 6.17 Å². The van der Waals surface area contributed by atoms with Crippen molar-refractivity contribution >= 4 is 34.4 Å². The molecule has 0 spiro atoms. The molecular weight excluding hydrogens is 593 g/mol. The lowest BCUT2D eigenvalue weighted by atomic mass is 9.95. The van der Waals surface area contributed by atoms with Crippen molar-refractivity contribution < 1.29 is 13.9 Å². The summed E-state index contributed by atoms with van der Waals surface area (Å²) in [5.41, 5.74) is 4.60. The third-order valence-electron chi connectivity index (χ3n) is 10.6. The summed E-state index contributed by atoms with van der Waals surface area (Å²) in [6.07, 6.45) is 5.26. The van der Waals surface area contributed by atoms with E-state index in [0.717, 1.165) is 37.3 Å². The minimum atomic E-state index is -0.862. The molecule has 8 rings (SSSR count). The lowest BCUT2D eigenvalue weighted by molar-refractivity contribution is -0.128. The van der Waals surface area contributed by atoms with Crippen LogP contribution >= 0.6 is 11.6 Å². The van der Waals surface area contributed by atoms with Crippen LogP contribution in [0.5, 0.6) is 6.01 Å². The summed E-state index contributed by atoms with van der Waals surface area (Å²) in [6, 6.07) is 10.3. The van der Waals surface area contributed by atoms with Gasteiger partial charge < -0.3 is 14.5 Å². The number of aromatic nitrogens is 3. The fourth-order valence-corrected chi connectivity index (χ4v) is 8.67. The highest BCUT2D eigenvalue weighted by Gasteiger charge is 2.50. The Labute approximate surface area is 266 Å². The van der Waals surface area contributed by atoms with Gasteiger partial charge in [0.25, 0.3) is 0 Å². The highest BCUT2D eigenvalue weighted by molar-refractivity contribution is 6.34. The van der Waals surface area contributed by atoms with Crippen molar-refractivity contribution in [2.45, 2.75) is 62.2 Å². The first-order valence-corrected chi connectivity index (χ1v) is 16.3. The molecule has 1 aromatic carbocycles. The SMILES string of the molecule is C=CC(=O)N1CCN(c2nc(OCC34CCCN3C[C@H](F)C4)nc3nc(-c4cccc5c4C4CC4C5)c(Cl)cc23)C[C@@H]1CC#N. The van der Waals surface area contributed by atoms with Crippen LogP contribution in [0.25, 0.3) is 22.3 Å². The zero-order chi connectivity index (χ0) is 30.9. The maximum absolute atomic E-state index is 14.5. The van der Waals surface area contributed by atoms with E-state index in [1.54, 1.807) is 4.90 Å². The number of nitrogens with zero attached hydrogens (tertiary/aromatic N) is 7. The van der Waals surface area contributed by atoms with E-state index in [1.165, 1.54) is 23.6 Å². The Bertz CT molecular complexity index is 1760. The van der Waals surface area contributed by atoms with Crippen molar-refractivity contribution in [2.75, 3.05) is 44.2 Å². The molecule has 45 heavy (non-hydrogen) atoms. The van der Waals surface area contributed by atoms with E-state index in [9.17, 15) is 14.4 Å². The number of hydrogen-bond acceptors (Lipinski definition) is 8. The first kappa shape index (κ1) is 28.6. The second-order valence-corrected chi connectivity index (χ2v) is 13.7. The molecule has 232 valence electrons. The van der Waals surface area contributed by atoms with Gasteiger partial charge in [-0.3, -0.25) is 9.69 Å². The van der Waals surface area contributed by atoms with E-state index in [4.69, 9.17) is 31.3 Å². The summed E-state index contributed by atoms with van der Waals surface area (Å²) in [5.74, 6) is 1.69. The van der Waals surface area contributed by atoms with Crippen LogP contribution in [-0.4, -0.2) is 87.7 Å². The zero-order valence-electron chi connectivity index (χ0n) is 25.1. The summed E-state index contributed by atoms with van der Waals surface area (Å²) in [5, 5.41) is 10.8. The van der Waals surface area contributed by atoms with Gasteiger partial charge >= 0.3 is 6.01 Å². The molecule has 1 amide bonds. The normalized spacial score (nSPS) is 28.5. The maximum atomic E-state index is 14.5. The summed E-state index contributed by atoms with van der Waals surface area (Å²) in [7, 11) is 0. The molecule has 0 bridgehead atoms. The topological polar surface area (TPSA) is 98.5 Å². The van der Waals surface area contributed by atoms with Crippen LogP contribution in [0.3, 0.4) is 0 Å². The molecule has 3 aliphatic heterocycles. The van der Waals surface area contributed by atoms with Gasteiger partial charge in [0.1, 0.15) is 18.6 Å². The lowest BCUT2D eigenvalue weighted by Crippen LogP contribution is -2.55. The second kappa shape index (κ2) is 10.9. The number of carbonyl (C=O) groups excluding carboxylic acids is 1. The minimum absolute atomic E-state index is 0.176. The van der Waals surface area contributed by atoms with Gasteiger partial charge in [-0.05, 0) is 67.3 Å². The van der Waals surface area contributed by atoms with Crippen LogP contribution in [0.1, 0.15) is 49.1 Å². The summed E-state index contributed by atoms with van der Waals surface area (Å²) in [4.78, 5) is 33.3. The number of hydrogen-bond donors (Lipinski definition) is 0. The molecule has 5 aliphatic rings. The molecule has 0 N–H and O–H groups in total. The van der Waals surface area contributed by atoms with E-state index in [2.05, 4.69) is 40.6 Å². The minimum Gasteiger partial charge on any atom is -0.461 e. The highest BCUT2D eigenvalue weighted by atomic mass is 35.5. The van der Waals surface area contributed by atoms with Gasteiger partial charge in [-0.15, -0.1) is 0 Å². The molecule has 11 heteroatoms. The fourth-order valence-electron chi connectivity index (χ4n) is 8.42. The number of benzene rings is 1. The van der Waals surface area contributed by atoms with Gasteiger partial charge in [0.15, 0.2) is 5.65 Å². The maximum Gasteiger partial charge on any atom is 0.320 e. The van der Waals surface area contributed by atoms with Crippen LogP contribution in [0.4, 0.5) is 10.2 Å². The van der Waals surface area contributed by atoms with Crippen molar-refractivity contribution in [3.8, 4) is 23.3 Å². The molecule has 4 fully saturated rings. The van der Waals surface area contributed by atoms with Crippen LogP contribution < -0.4 is 9.64 Å². The van der Waals surface area contributed by atoms with E-state index in [0.29, 0.717) is 72.7 Å². The van der Waals surface area contributed by atoms with Gasteiger partial charge in [0, 0.05) is 38.2 Å². The van der Waals surface area contributed by atoms with Gasteiger partial charge in [-0.2, -0.15) is 15.2 Å². The van der Waals surface area contributed by atoms with Crippen LogP contribution in [-0.2, 0) is 11.2 Å². The van der Waals surface area contributed by atoms with Crippen molar-refractivity contribution in [2.24, 2.45) is 5.92 Å². The summed E-state index contributed by atoms with van der Waals surface area (Å²) in [6.45, 7) is 6.54. The molecule has 0 radical (unpaired) electrons. The number of alkyl halides is 1. The number of rotatable bonds is 7. The average Bonchev–Trinajstić information content (AvgIpc) is 3.36. The number of amides is 1. The number of piperazine rings is 1. The standard InChI is InChI=1S/C34H35ClFN7O2/c1-2-28(44)43-12-11-41(18-23(43)7-9-37)32-26-15-27(35)30(24-6-3-5-20-13-21-14-25(21)29(20)24)38-31(26)39-33(40-32)45-19-34-8-4-10-42(34)17-22(36)16-34/h2-3,5-6,15,21-23,25H,1,4,7-8,10-14,16-19H2/t21?,22-,23+,25?,34?/m1/s1. The molecule has 2 aromatic heterocycles. The van der Waals surface area contributed by atoms with Crippen LogP contribution in [0.15, 0.2) is 36.9 Å². The van der Waals surface area contributed by atoms with Crippen molar-refractivity contribution in [3.63, 3.8) is 0 Å². The molecule has 5 atom stereocenters. The van der Waals surface area contributed by atoms with Crippen LogP contribution in [0.2, 0.25) is 5.02 Å². The Kier molecular flexibility index (Phi) is 6.95. The van der Waals surface area contributed by atoms with Crippen molar-refractivity contribution in [1.29, 1.82) is 5.26 Å². The Morgan fingerprint density at radius 3 is 2.98 bits per heavy atom. The number of pyridine rings is 1. The second-order valence-electron chi connectivity index (χ2n) is 13.3. The quantitative estimate of drug-likeness (QED) is 0.335. The number of fused-ring (bicyclic) bond motifs is 5.